The number of unbranched alkanes of at least 4 members (excludes halogenated alkanes) is 3. The van der Waals surface area contributed by atoms with Crippen molar-refractivity contribution in [2.45, 2.75) is 83.1 Å². The predicted octanol–water partition coefficient (Wildman–Crippen LogP) is 5.59. The first-order valence-corrected chi connectivity index (χ1v) is 11.5. The summed E-state index contributed by atoms with van der Waals surface area (Å²) in [5.74, 6) is 2.16. The van der Waals surface area contributed by atoms with Crippen molar-refractivity contribution in [1.82, 2.24) is 5.32 Å². The normalized spacial score (nSPS) is 31.7. The Bertz CT molecular complexity index is 702. The number of phenols is 2. The summed E-state index contributed by atoms with van der Waals surface area (Å²) in [5, 5.41) is 23.9. The second-order valence-corrected chi connectivity index (χ2v) is 9.79. The Morgan fingerprint density at radius 2 is 1.73 bits per heavy atom. The van der Waals surface area contributed by atoms with E-state index in [1.54, 1.807) is 6.07 Å². The van der Waals surface area contributed by atoms with Gasteiger partial charge in [-0.3, -0.25) is 0 Å². The number of aryl methyl sites for hydroxylation is 1. The highest BCUT2D eigenvalue weighted by atomic mass is 79.9. The van der Waals surface area contributed by atoms with Crippen LogP contribution in [0.1, 0.15) is 81.8 Å². The molecule has 5 atom stereocenters. The number of hydrogen-bond acceptors (Lipinski definition) is 4. The van der Waals surface area contributed by atoms with E-state index in [2.05, 4.69) is 12.2 Å². The summed E-state index contributed by atoms with van der Waals surface area (Å²) >= 11 is 0. The van der Waals surface area contributed by atoms with Gasteiger partial charge in [-0.1, -0.05) is 19.8 Å². The third-order valence-electron chi connectivity index (χ3n) is 8.34. The van der Waals surface area contributed by atoms with E-state index in [0.29, 0.717) is 17.4 Å². The van der Waals surface area contributed by atoms with Crippen molar-refractivity contribution in [2.24, 2.45) is 23.0 Å². The van der Waals surface area contributed by atoms with E-state index < -0.39 is 0 Å². The molecular formula is C24H40Br2N2O2. The third-order valence-corrected chi connectivity index (χ3v) is 8.34. The summed E-state index contributed by atoms with van der Waals surface area (Å²) < 4.78 is 0. The van der Waals surface area contributed by atoms with Crippen LogP contribution in [0, 0.1) is 17.3 Å². The first-order valence-electron chi connectivity index (χ1n) is 11.5. The lowest BCUT2D eigenvalue weighted by Gasteiger charge is -2.51. The molecule has 172 valence electrons. The van der Waals surface area contributed by atoms with Gasteiger partial charge in [0.25, 0.3) is 0 Å². The van der Waals surface area contributed by atoms with Gasteiger partial charge in [0, 0.05) is 6.04 Å². The van der Waals surface area contributed by atoms with E-state index in [4.69, 9.17) is 5.73 Å². The maximum atomic E-state index is 10.1. The molecule has 4 rings (SSSR count). The average Bonchev–Trinajstić information content (AvgIpc) is 3.02. The lowest BCUT2D eigenvalue weighted by molar-refractivity contribution is 0.0411. The number of fused-ring (bicyclic) bond motifs is 5. The van der Waals surface area contributed by atoms with Crippen LogP contribution in [0.3, 0.4) is 0 Å². The van der Waals surface area contributed by atoms with Gasteiger partial charge in [-0.15, -0.1) is 34.0 Å². The summed E-state index contributed by atoms with van der Waals surface area (Å²) in [7, 11) is 0. The van der Waals surface area contributed by atoms with E-state index in [-0.39, 0.29) is 45.5 Å². The SMILES string of the molecule is Br.Br.C[C@]12CC[C@@H]3c4cc(O)c(O)cc4CC[C@H]3[C@@H]1CCC2NCCCCCCN. The van der Waals surface area contributed by atoms with Crippen LogP contribution in [0.25, 0.3) is 0 Å². The highest BCUT2D eigenvalue weighted by Crippen LogP contribution is 2.61. The fourth-order valence-electron chi connectivity index (χ4n) is 6.83. The van der Waals surface area contributed by atoms with E-state index in [1.165, 1.54) is 62.5 Å². The van der Waals surface area contributed by atoms with Gasteiger partial charge in [0.2, 0.25) is 0 Å². The molecule has 3 aliphatic carbocycles. The minimum Gasteiger partial charge on any atom is -0.504 e. The minimum absolute atomic E-state index is 0. The van der Waals surface area contributed by atoms with E-state index in [9.17, 15) is 10.2 Å². The highest BCUT2D eigenvalue weighted by Gasteiger charge is 2.54. The Kier molecular flexibility index (Phi) is 9.54. The van der Waals surface area contributed by atoms with Gasteiger partial charge in [-0.2, -0.15) is 0 Å². The van der Waals surface area contributed by atoms with Crippen molar-refractivity contribution in [3.05, 3.63) is 23.3 Å². The summed E-state index contributed by atoms with van der Waals surface area (Å²) in [6, 6.07) is 4.32. The predicted molar refractivity (Wildman–Crippen MR) is 134 cm³/mol. The Morgan fingerprint density at radius 3 is 2.50 bits per heavy atom. The largest absolute Gasteiger partial charge is 0.504 e. The van der Waals surface area contributed by atoms with Crippen molar-refractivity contribution >= 4 is 34.0 Å². The number of halogens is 2. The van der Waals surface area contributed by atoms with E-state index in [0.717, 1.165) is 37.8 Å². The van der Waals surface area contributed by atoms with Gasteiger partial charge in [-0.05, 0) is 111 Å². The molecule has 0 saturated heterocycles. The monoisotopic (exact) mass is 546 g/mol. The number of aromatic hydroxyl groups is 2. The van der Waals surface area contributed by atoms with Crippen molar-refractivity contribution in [3.8, 4) is 11.5 Å². The van der Waals surface area contributed by atoms with Crippen molar-refractivity contribution in [2.75, 3.05) is 13.1 Å². The van der Waals surface area contributed by atoms with Crippen LogP contribution in [0.5, 0.6) is 11.5 Å². The third kappa shape index (κ3) is 4.87. The van der Waals surface area contributed by atoms with Crippen molar-refractivity contribution in [1.29, 1.82) is 0 Å². The molecule has 4 nitrogen and oxygen atoms in total. The fourth-order valence-corrected chi connectivity index (χ4v) is 6.83. The van der Waals surface area contributed by atoms with Crippen molar-refractivity contribution < 1.29 is 10.2 Å². The molecule has 5 N–H and O–H groups in total. The summed E-state index contributed by atoms with van der Waals surface area (Å²) in [4.78, 5) is 0. The Morgan fingerprint density at radius 1 is 1.00 bits per heavy atom. The van der Waals surface area contributed by atoms with Gasteiger partial charge in [0.1, 0.15) is 0 Å². The van der Waals surface area contributed by atoms with E-state index >= 15 is 0 Å². The number of hydrogen-bond donors (Lipinski definition) is 4. The molecule has 30 heavy (non-hydrogen) atoms. The molecule has 3 aliphatic rings. The van der Waals surface area contributed by atoms with Gasteiger partial charge < -0.3 is 21.3 Å². The Labute approximate surface area is 202 Å². The molecule has 0 radical (unpaired) electrons. The van der Waals surface area contributed by atoms with Crippen LogP contribution in [0.4, 0.5) is 0 Å². The molecule has 0 heterocycles. The number of benzene rings is 1. The number of nitrogens with two attached hydrogens (primary N) is 1. The standard InChI is InChI=1S/C24H38N2O2.2BrH/c1-24-11-10-17-18(7-6-16-14-21(27)22(28)15-19(16)17)20(24)8-9-23(24)26-13-5-3-2-4-12-25;;/h14-15,17-18,20,23,26-28H,2-13,25H2,1H3;2*1H/t17-,18+,20-,23?,24-;;/m0../s1. The molecule has 1 unspecified atom stereocenters. The average molecular weight is 548 g/mol. The zero-order valence-electron chi connectivity index (χ0n) is 18.2. The van der Waals surface area contributed by atoms with Gasteiger partial charge in [0.15, 0.2) is 11.5 Å². The maximum absolute atomic E-state index is 10.1. The van der Waals surface area contributed by atoms with Crippen LogP contribution in [0.15, 0.2) is 12.1 Å². The molecule has 0 aromatic heterocycles. The molecule has 2 fully saturated rings. The molecule has 1 aromatic carbocycles. The van der Waals surface area contributed by atoms with Gasteiger partial charge >= 0.3 is 0 Å². The summed E-state index contributed by atoms with van der Waals surface area (Å²) in [5.41, 5.74) is 8.57. The van der Waals surface area contributed by atoms with Crippen LogP contribution in [0.2, 0.25) is 0 Å². The van der Waals surface area contributed by atoms with Crippen LogP contribution in [-0.4, -0.2) is 29.3 Å². The second kappa shape index (κ2) is 11.0. The summed E-state index contributed by atoms with van der Waals surface area (Å²) in [6.07, 6.45) is 12.4. The van der Waals surface area contributed by atoms with Crippen LogP contribution >= 0.6 is 34.0 Å². The molecule has 0 bridgehead atoms. The smallest absolute Gasteiger partial charge is 0.157 e. The molecule has 0 spiro atoms. The zero-order valence-corrected chi connectivity index (χ0v) is 21.7. The lowest BCUT2D eigenvalue weighted by atomic mass is 9.55. The summed E-state index contributed by atoms with van der Waals surface area (Å²) in [6.45, 7) is 4.50. The lowest BCUT2D eigenvalue weighted by Crippen LogP contribution is -2.48. The van der Waals surface area contributed by atoms with Gasteiger partial charge in [-0.25, -0.2) is 0 Å². The number of rotatable bonds is 7. The van der Waals surface area contributed by atoms with Gasteiger partial charge in [0.05, 0.1) is 0 Å². The zero-order chi connectivity index (χ0) is 19.7. The number of nitrogens with one attached hydrogen (secondary N) is 1. The topological polar surface area (TPSA) is 78.5 Å². The van der Waals surface area contributed by atoms with Crippen LogP contribution in [-0.2, 0) is 6.42 Å². The number of phenolic OH excluding ortho intramolecular Hbond substituents is 2. The molecule has 1 aromatic rings. The van der Waals surface area contributed by atoms with E-state index in [1.807, 2.05) is 6.07 Å². The second-order valence-electron chi connectivity index (χ2n) is 9.79. The molecule has 0 aliphatic heterocycles. The quantitative estimate of drug-likeness (QED) is 0.265. The first-order chi connectivity index (χ1) is 13.5. The molecule has 2 saturated carbocycles. The van der Waals surface area contributed by atoms with Crippen molar-refractivity contribution in [3.63, 3.8) is 0 Å². The Balaban J connectivity index is 0.00000160. The highest BCUT2D eigenvalue weighted by molar-refractivity contribution is 8.93. The first kappa shape index (κ1) is 26.0. The fraction of sp³-hybridized carbons (Fsp3) is 0.750. The van der Waals surface area contributed by atoms with Crippen LogP contribution < -0.4 is 11.1 Å². The maximum Gasteiger partial charge on any atom is 0.157 e. The molecule has 0 amide bonds. The molecule has 6 heteroatoms. The molecular weight excluding hydrogens is 508 g/mol. The minimum atomic E-state index is 0. The Hall–Kier alpha value is -0.300.